The van der Waals surface area contributed by atoms with Crippen LogP contribution in [0.4, 0.5) is 0 Å². The van der Waals surface area contributed by atoms with Gasteiger partial charge in [0.1, 0.15) is 0 Å². The van der Waals surface area contributed by atoms with Crippen LogP contribution in [0.1, 0.15) is 32.0 Å². The molecular weight excluding hydrogens is 246 g/mol. The largest absolute Gasteiger partial charge is 0.229 e. The van der Waals surface area contributed by atoms with Crippen molar-refractivity contribution in [2.24, 2.45) is 0 Å². The molecule has 3 heteroatoms. The van der Waals surface area contributed by atoms with Crippen molar-refractivity contribution < 1.29 is 0 Å². The lowest BCUT2D eigenvalue weighted by Gasteiger charge is -2.14. The molecule has 0 unspecified atom stereocenters. The van der Waals surface area contributed by atoms with E-state index in [0.717, 1.165) is 17.0 Å². The van der Waals surface area contributed by atoms with Crippen molar-refractivity contribution in [2.75, 3.05) is 0 Å². The third-order valence-corrected chi connectivity index (χ3v) is 3.50. The second-order valence-corrected chi connectivity index (χ2v) is 6.21. The van der Waals surface area contributed by atoms with Gasteiger partial charge in [0.05, 0.1) is 11.2 Å². The first kappa shape index (κ1) is 12.9. The van der Waals surface area contributed by atoms with E-state index in [0.29, 0.717) is 0 Å². The molecule has 0 amide bonds. The highest BCUT2D eigenvalue weighted by Crippen LogP contribution is 2.22. The summed E-state index contributed by atoms with van der Waals surface area (Å²) in [4.78, 5) is 4.70. The van der Waals surface area contributed by atoms with Gasteiger partial charge in [0.15, 0.2) is 5.82 Å². The van der Waals surface area contributed by atoms with Crippen LogP contribution in [0, 0.1) is 6.92 Å². The van der Waals surface area contributed by atoms with Gasteiger partial charge in [-0.15, -0.1) is 0 Å². The molecule has 20 heavy (non-hydrogen) atoms. The molecule has 0 aliphatic heterocycles. The molecule has 0 N–H and O–H groups in total. The molecular formula is C17H19N3. The number of fused-ring (bicyclic) bond motifs is 1. The molecule has 2 aromatic heterocycles. The van der Waals surface area contributed by atoms with E-state index in [2.05, 4.69) is 51.0 Å². The average Bonchev–Trinajstić information content (AvgIpc) is 2.88. The highest BCUT2D eigenvalue weighted by atomic mass is 15.3. The summed E-state index contributed by atoms with van der Waals surface area (Å²) in [5.74, 6) is 0.872. The van der Waals surface area contributed by atoms with Crippen molar-refractivity contribution >= 4 is 10.9 Å². The molecule has 2 heterocycles. The van der Waals surface area contributed by atoms with Gasteiger partial charge in [-0.05, 0) is 30.7 Å². The highest BCUT2D eigenvalue weighted by Gasteiger charge is 2.17. The molecule has 3 rings (SSSR count). The Balaban J connectivity index is 2.13. The normalized spacial score (nSPS) is 12.0. The monoisotopic (exact) mass is 265 g/mol. The Morgan fingerprint density at radius 1 is 1.05 bits per heavy atom. The number of nitrogens with zero attached hydrogens (tertiary/aromatic N) is 3. The van der Waals surface area contributed by atoms with Gasteiger partial charge in [-0.3, -0.25) is 0 Å². The molecule has 102 valence electrons. The Bertz CT molecular complexity index is 763. The van der Waals surface area contributed by atoms with E-state index in [-0.39, 0.29) is 5.41 Å². The zero-order valence-electron chi connectivity index (χ0n) is 12.4. The number of aryl methyl sites for hydroxylation is 1. The Labute approximate surface area is 119 Å². The number of hydrogen-bond acceptors (Lipinski definition) is 2. The SMILES string of the molecule is Cc1cc(-n2ccc(C(C)(C)C)n2)nc2ccccc12. The summed E-state index contributed by atoms with van der Waals surface area (Å²) in [5.41, 5.74) is 3.36. The van der Waals surface area contributed by atoms with Crippen molar-refractivity contribution in [1.29, 1.82) is 0 Å². The molecule has 3 nitrogen and oxygen atoms in total. The summed E-state index contributed by atoms with van der Waals surface area (Å²) in [5, 5.41) is 5.85. The van der Waals surface area contributed by atoms with E-state index in [4.69, 9.17) is 4.98 Å². The number of para-hydroxylation sites is 1. The van der Waals surface area contributed by atoms with E-state index in [1.807, 2.05) is 29.1 Å². The maximum atomic E-state index is 4.70. The first-order valence-corrected chi connectivity index (χ1v) is 6.88. The van der Waals surface area contributed by atoms with E-state index in [1.165, 1.54) is 10.9 Å². The fourth-order valence-corrected chi connectivity index (χ4v) is 2.30. The molecule has 0 bridgehead atoms. The third kappa shape index (κ3) is 2.20. The van der Waals surface area contributed by atoms with Crippen molar-refractivity contribution in [3.63, 3.8) is 0 Å². The van der Waals surface area contributed by atoms with Crippen molar-refractivity contribution in [1.82, 2.24) is 14.8 Å². The number of aromatic nitrogens is 3. The van der Waals surface area contributed by atoms with E-state index >= 15 is 0 Å². The maximum Gasteiger partial charge on any atom is 0.154 e. The standard InChI is InChI=1S/C17H19N3/c1-12-11-16(18-14-8-6-5-7-13(12)14)20-10-9-15(19-20)17(2,3)4/h5-11H,1-4H3. The first-order valence-electron chi connectivity index (χ1n) is 6.88. The number of rotatable bonds is 1. The summed E-state index contributed by atoms with van der Waals surface area (Å²) < 4.78 is 1.86. The molecule has 0 radical (unpaired) electrons. The van der Waals surface area contributed by atoms with Gasteiger partial charge in [-0.1, -0.05) is 39.0 Å². The van der Waals surface area contributed by atoms with Gasteiger partial charge in [0, 0.05) is 17.0 Å². The van der Waals surface area contributed by atoms with Gasteiger partial charge >= 0.3 is 0 Å². The minimum atomic E-state index is 0.0527. The molecule has 0 saturated heterocycles. The number of benzene rings is 1. The van der Waals surface area contributed by atoms with Crippen LogP contribution in [-0.2, 0) is 5.41 Å². The van der Waals surface area contributed by atoms with Crippen LogP contribution in [-0.4, -0.2) is 14.8 Å². The number of pyridine rings is 1. The maximum absolute atomic E-state index is 4.70. The van der Waals surface area contributed by atoms with Crippen LogP contribution < -0.4 is 0 Å². The third-order valence-electron chi connectivity index (χ3n) is 3.50. The lowest BCUT2D eigenvalue weighted by atomic mass is 9.93. The van der Waals surface area contributed by atoms with Gasteiger partial charge in [-0.2, -0.15) is 5.10 Å². The molecule has 0 aliphatic carbocycles. The Hall–Kier alpha value is -2.16. The second-order valence-electron chi connectivity index (χ2n) is 6.21. The van der Waals surface area contributed by atoms with Crippen LogP contribution in [0.25, 0.3) is 16.7 Å². The fourth-order valence-electron chi connectivity index (χ4n) is 2.30. The summed E-state index contributed by atoms with van der Waals surface area (Å²) in [6, 6.07) is 12.4. The van der Waals surface area contributed by atoms with E-state index < -0.39 is 0 Å². The number of hydrogen-bond donors (Lipinski definition) is 0. The second kappa shape index (κ2) is 4.44. The van der Waals surface area contributed by atoms with Gasteiger partial charge in [0.25, 0.3) is 0 Å². The van der Waals surface area contributed by atoms with Crippen LogP contribution >= 0.6 is 0 Å². The average molecular weight is 265 g/mol. The van der Waals surface area contributed by atoms with Gasteiger partial charge in [0.2, 0.25) is 0 Å². The minimum absolute atomic E-state index is 0.0527. The summed E-state index contributed by atoms with van der Waals surface area (Å²) in [6.45, 7) is 8.61. The topological polar surface area (TPSA) is 30.7 Å². The van der Waals surface area contributed by atoms with Crippen LogP contribution in [0.15, 0.2) is 42.6 Å². The first-order chi connectivity index (χ1) is 9.45. The summed E-state index contributed by atoms with van der Waals surface area (Å²) >= 11 is 0. The van der Waals surface area contributed by atoms with Crippen molar-refractivity contribution in [3.8, 4) is 5.82 Å². The van der Waals surface area contributed by atoms with Gasteiger partial charge < -0.3 is 0 Å². The lowest BCUT2D eigenvalue weighted by Crippen LogP contribution is -2.12. The zero-order chi connectivity index (χ0) is 14.3. The smallest absolute Gasteiger partial charge is 0.154 e. The molecule has 0 atom stereocenters. The fraction of sp³-hybridized carbons (Fsp3) is 0.294. The molecule has 3 aromatic rings. The minimum Gasteiger partial charge on any atom is -0.229 e. The highest BCUT2D eigenvalue weighted by molar-refractivity contribution is 5.82. The van der Waals surface area contributed by atoms with Crippen LogP contribution in [0.3, 0.4) is 0 Å². The predicted molar refractivity (Wildman–Crippen MR) is 82.3 cm³/mol. The molecule has 0 aliphatic rings. The molecule has 0 saturated carbocycles. The Kier molecular flexibility index (Phi) is 2.85. The quantitative estimate of drug-likeness (QED) is 0.665. The van der Waals surface area contributed by atoms with E-state index in [9.17, 15) is 0 Å². The zero-order valence-corrected chi connectivity index (χ0v) is 12.4. The molecule has 1 aromatic carbocycles. The lowest BCUT2D eigenvalue weighted by molar-refractivity contribution is 0.559. The Morgan fingerprint density at radius 3 is 2.50 bits per heavy atom. The van der Waals surface area contributed by atoms with Crippen LogP contribution in [0.2, 0.25) is 0 Å². The summed E-state index contributed by atoms with van der Waals surface area (Å²) in [7, 11) is 0. The van der Waals surface area contributed by atoms with Crippen LogP contribution in [0.5, 0.6) is 0 Å². The van der Waals surface area contributed by atoms with E-state index in [1.54, 1.807) is 0 Å². The van der Waals surface area contributed by atoms with Crippen molar-refractivity contribution in [2.45, 2.75) is 33.1 Å². The summed E-state index contributed by atoms with van der Waals surface area (Å²) in [6.07, 6.45) is 1.98. The molecule has 0 spiro atoms. The van der Waals surface area contributed by atoms with Gasteiger partial charge in [-0.25, -0.2) is 9.67 Å². The Morgan fingerprint density at radius 2 is 1.80 bits per heavy atom. The molecule has 0 fully saturated rings. The van der Waals surface area contributed by atoms with Crippen molar-refractivity contribution in [3.05, 3.63) is 53.9 Å². The predicted octanol–water partition coefficient (Wildman–Crippen LogP) is 4.03.